The van der Waals surface area contributed by atoms with Crippen LogP contribution < -0.4 is 5.32 Å². The molecule has 0 aliphatic rings. The lowest BCUT2D eigenvalue weighted by Gasteiger charge is -2.08. The lowest BCUT2D eigenvalue weighted by molar-refractivity contribution is -0.113. The minimum Gasteiger partial charge on any atom is -0.324 e. The van der Waals surface area contributed by atoms with Crippen molar-refractivity contribution in [2.75, 3.05) is 11.1 Å². The number of hydrogen-bond acceptors (Lipinski definition) is 4. The van der Waals surface area contributed by atoms with Gasteiger partial charge in [-0.15, -0.1) is 0 Å². The van der Waals surface area contributed by atoms with Crippen LogP contribution in [0.2, 0.25) is 5.02 Å². The molecular formula is C17H14ClN3OS. The molecule has 116 valence electrons. The van der Waals surface area contributed by atoms with Crippen LogP contribution in [0.4, 0.5) is 5.69 Å². The van der Waals surface area contributed by atoms with E-state index in [2.05, 4.69) is 15.3 Å². The van der Waals surface area contributed by atoms with Gasteiger partial charge in [-0.3, -0.25) is 4.79 Å². The average Bonchev–Trinajstić information content (AvgIpc) is 2.54. The van der Waals surface area contributed by atoms with Crippen molar-refractivity contribution >= 4 is 45.9 Å². The molecule has 3 aromatic rings. The van der Waals surface area contributed by atoms with Crippen molar-refractivity contribution in [2.24, 2.45) is 0 Å². The van der Waals surface area contributed by atoms with Gasteiger partial charge < -0.3 is 5.32 Å². The van der Waals surface area contributed by atoms with Gasteiger partial charge in [0.2, 0.25) is 5.91 Å². The summed E-state index contributed by atoms with van der Waals surface area (Å²) in [6, 6.07) is 14.9. The Morgan fingerprint density at radius 3 is 2.70 bits per heavy atom. The van der Waals surface area contributed by atoms with Crippen LogP contribution in [0.5, 0.6) is 0 Å². The van der Waals surface area contributed by atoms with Crippen molar-refractivity contribution in [2.45, 2.75) is 11.9 Å². The van der Waals surface area contributed by atoms with Crippen molar-refractivity contribution in [1.29, 1.82) is 0 Å². The summed E-state index contributed by atoms with van der Waals surface area (Å²) in [4.78, 5) is 21.0. The van der Waals surface area contributed by atoms with Crippen LogP contribution in [0.25, 0.3) is 10.9 Å². The normalized spacial score (nSPS) is 10.7. The summed E-state index contributed by atoms with van der Waals surface area (Å²) < 4.78 is 0. The number of carbonyl (C=O) groups is 1. The van der Waals surface area contributed by atoms with E-state index in [-0.39, 0.29) is 11.7 Å². The zero-order chi connectivity index (χ0) is 16.2. The Morgan fingerprint density at radius 1 is 1.13 bits per heavy atom. The van der Waals surface area contributed by atoms with E-state index in [9.17, 15) is 4.79 Å². The van der Waals surface area contributed by atoms with Gasteiger partial charge in [0.1, 0.15) is 10.9 Å². The van der Waals surface area contributed by atoms with Crippen molar-refractivity contribution < 1.29 is 4.79 Å². The largest absolute Gasteiger partial charge is 0.324 e. The van der Waals surface area contributed by atoms with E-state index in [1.807, 2.05) is 43.3 Å². The molecule has 0 saturated carbocycles. The third kappa shape index (κ3) is 3.81. The first-order valence-corrected chi connectivity index (χ1v) is 8.40. The number of fused-ring (bicyclic) bond motifs is 1. The van der Waals surface area contributed by atoms with E-state index in [0.717, 1.165) is 15.9 Å². The first-order chi connectivity index (χ1) is 11.1. The summed E-state index contributed by atoms with van der Waals surface area (Å²) in [7, 11) is 0. The number of carbonyl (C=O) groups excluding carboxylic acids is 1. The predicted octanol–water partition coefficient (Wildman–Crippen LogP) is 4.32. The second kappa shape index (κ2) is 6.98. The van der Waals surface area contributed by atoms with E-state index >= 15 is 0 Å². The zero-order valence-corrected chi connectivity index (χ0v) is 14.0. The molecule has 23 heavy (non-hydrogen) atoms. The molecule has 6 heteroatoms. The fourth-order valence-electron chi connectivity index (χ4n) is 2.15. The zero-order valence-electron chi connectivity index (χ0n) is 12.4. The minimum absolute atomic E-state index is 0.122. The smallest absolute Gasteiger partial charge is 0.234 e. The summed E-state index contributed by atoms with van der Waals surface area (Å²) in [5, 5.41) is 5.09. The summed E-state index contributed by atoms with van der Waals surface area (Å²) in [5.41, 5.74) is 1.50. The van der Waals surface area contributed by atoms with Crippen molar-refractivity contribution in [3.63, 3.8) is 0 Å². The molecule has 0 saturated heterocycles. The fourth-order valence-corrected chi connectivity index (χ4v) is 3.20. The molecule has 0 radical (unpaired) electrons. The van der Waals surface area contributed by atoms with Gasteiger partial charge >= 0.3 is 0 Å². The third-order valence-electron chi connectivity index (χ3n) is 3.17. The van der Waals surface area contributed by atoms with Crippen molar-refractivity contribution in [3.05, 3.63) is 59.4 Å². The maximum absolute atomic E-state index is 12.1. The van der Waals surface area contributed by atoms with E-state index in [1.165, 1.54) is 11.8 Å². The van der Waals surface area contributed by atoms with Gasteiger partial charge in [0, 0.05) is 5.39 Å². The second-order valence-electron chi connectivity index (χ2n) is 4.91. The minimum atomic E-state index is -0.122. The number of halogens is 1. The molecule has 1 N–H and O–H groups in total. The van der Waals surface area contributed by atoms with Crippen LogP contribution >= 0.6 is 23.4 Å². The SMILES string of the molecule is Cc1nc(SCC(=O)Nc2ccccc2Cl)c2ccccc2n1. The number of anilines is 1. The Bertz CT molecular complexity index is 869. The lowest BCUT2D eigenvalue weighted by atomic mass is 10.2. The first-order valence-electron chi connectivity index (χ1n) is 7.04. The molecular weight excluding hydrogens is 330 g/mol. The average molecular weight is 344 g/mol. The number of nitrogens with one attached hydrogen (secondary N) is 1. The maximum Gasteiger partial charge on any atom is 0.234 e. The standard InChI is InChI=1S/C17H14ClN3OS/c1-11-19-14-8-4-2-6-12(14)17(20-11)23-10-16(22)21-15-9-5-3-7-13(15)18/h2-9H,10H2,1H3,(H,21,22). The molecule has 4 nitrogen and oxygen atoms in total. The van der Waals surface area contributed by atoms with Gasteiger partial charge in [0.15, 0.2) is 0 Å². The number of hydrogen-bond donors (Lipinski definition) is 1. The number of rotatable bonds is 4. The molecule has 1 aromatic heterocycles. The van der Waals surface area contributed by atoms with Gasteiger partial charge in [-0.05, 0) is 25.1 Å². The topological polar surface area (TPSA) is 54.9 Å². The summed E-state index contributed by atoms with van der Waals surface area (Å²) in [6.07, 6.45) is 0. The lowest BCUT2D eigenvalue weighted by Crippen LogP contribution is -2.14. The quantitative estimate of drug-likeness (QED) is 0.566. The molecule has 0 spiro atoms. The molecule has 2 aromatic carbocycles. The highest BCUT2D eigenvalue weighted by Crippen LogP contribution is 2.26. The van der Waals surface area contributed by atoms with Crippen LogP contribution in [-0.4, -0.2) is 21.6 Å². The highest BCUT2D eigenvalue weighted by atomic mass is 35.5. The molecule has 1 amide bonds. The Balaban J connectivity index is 1.73. The van der Waals surface area contributed by atoms with Crippen molar-refractivity contribution in [1.82, 2.24) is 9.97 Å². The van der Waals surface area contributed by atoms with Gasteiger partial charge in [-0.1, -0.05) is 53.7 Å². The second-order valence-corrected chi connectivity index (χ2v) is 6.28. The van der Waals surface area contributed by atoms with Crippen LogP contribution in [0.1, 0.15) is 5.82 Å². The molecule has 3 rings (SSSR count). The van der Waals surface area contributed by atoms with Crippen molar-refractivity contribution in [3.8, 4) is 0 Å². The summed E-state index contributed by atoms with van der Waals surface area (Å²) in [5.74, 6) is 0.826. The first kappa shape index (κ1) is 15.8. The number of amides is 1. The van der Waals surface area contributed by atoms with Gasteiger partial charge in [0.25, 0.3) is 0 Å². The molecule has 0 unspecified atom stereocenters. The number of nitrogens with zero attached hydrogens (tertiary/aromatic N) is 2. The van der Waals surface area contributed by atoms with E-state index in [0.29, 0.717) is 16.5 Å². The number of aryl methyl sites for hydroxylation is 1. The summed E-state index contributed by atoms with van der Waals surface area (Å²) in [6.45, 7) is 1.85. The van der Waals surface area contributed by atoms with Crippen LogP contribution in [0.15, 0.2) is 53.6 Å². The molecule has 0 fully saturated rings. The van der Waals surface area contributed by atoms with Crippen LogP contribution in [-0.2, 0) is 4.79 Å². The number of aromatic nitrogens is 2. The molecule has 0 bridgehead atoms. The van der Waals surface area contributed by atoms with E-state index < -0.39 is 0 Å². The van der Waals surface area contributed by atoms with E-state index in [4.69, 9.17) is 11.6 Å². The monoisotopic (exact) mass is 343 g/mol. The third-order valence-corrected chi connectivity index (χ3v) is 4.49. The molecule has 0 atom stereocenters. The molecule has 1 heterocycles. The Hall–Kier alpha value is -2.11. The maximum atomic E-state index is 12.1. The fraction of sp³-hybridized carbons (Fsp3) is 0.118. The number of para-hydroxylation sites is 2. The predicted molar refractivity (Wildman–Crippen MR) is 95.1 cm³/mol. The highest BCUT2D eigenvalue weighted by Gasteiger charge is 2.10. The van der Waals surface area contributed by atoms with Gasteiger partial charge in [-0.2, -0.15) is 0 Å². The Morgan fingerprint density at radius 2 is 1.87 bits per heavy atom. The highest BCUT2D eigenvalue weighted by molar-refractivity contribution is 8.00. The summed E-state index contributed by atoms with van der Waals surface area (Å²) >= 11 is 7.43. The Kier molecular flexibility index (Phi) is 4.79. The van der Waals surface area contributed by atoms with Crippen LogP contribution in [0, 0.1) is 6.92 Å². The van der Waals surface area contributed by atoms with Gasteiger partial charge in [0.05, 0.1) is 22.0 Å². The molecule has 0 aliphatic heterocycles. The molecule has 0 aliphatic carbocycles. The van der Waals surface area contributed by atoms with E-state index in [1.54, 1.807) is 12.1 Å². The number of thioether (sulfide) groups is 1. The van der Waals surface area contributed by atoms with Gasteiger partial charge in [-0.25, -0.2) is 9.97 Å². The Labute approximate surface area is 143 Å². The van der Waals surface area contributed by atoms with Crippen LogP contribution in [0.3, 0.4) is 0 Å². The number of benzene rings is 2.